The van der Waals surface area contributed by atoms with E-state index >= 15 is 0 Å². The van der Waals surface area contributed by atoms with Crippen LogP contribution in [0.4, 0.5) is 11.5 Å². The van der Waals surface area contributed by atoms with Gasteiger partial charge in [-0.2, -0.15) is 0 Å². The molecule has 0 radical (unpaired) electrons. The van der Waals surface area contributed by atoms with Crippen molar-refractivity contribution in [2.45, 2.75) is 24.8 Å². The number of carbonyl (C=O) groups excluding carboxylic acids is 1. The number of anilines is 2. The van der Waals surface area contributed by atoms with Crippen LogP contribution in [0.1, 0.15) is 35.8 Å². The van der Waals surface area contributed by atoms with E-state index in [0.29, 0.717) is 16.6 Å². The summed E-state index contributed by atoms with van der Waals surface area (Å²) in [7, 11) is -2.65. The molecule has 2 heterocycles. The number of rotatable bonds is 7. The highest BCUT2D eigenvalue weighted by molar-refractivity contribution is 7.92. The number of halogens is 1. The zero-order valence-corrected chi connectivity index (χ0v) is 20.2. The van der Waals surface area contributed by atoms with Gasteiger partial charge < -0.3 is 15.0 Å². The first-order valence-electron chi connectivity index (χ1n) is 10.2. The molecule has 9 nitrogen and oxygen atoms in total. The smallest absolute Gasteiger partial charge is 0.263 e. The molecule has 0 aliphatic carbocycles. The van der Waals surface area contributed by atoms with Gasteiger partial charge in [0, 0.05) is 17.8 Å². The number of sulfonamides is 1. The number of carbonyl (C=O) groups is 1. The monoisotopic (exact) mass is 499 g/mol. The maximum absolute atomic E-state index is 13.5. The Balaban J connectivity index is 1.80. The fourth-order valence-electron chi connectivity index (χ4n) is 3.62. The molecule has 2 aromatic heterocycles. The first kappa shape index (κ1) is 23.5. The number of nitrogens with one attached hydrogen (secondary N) is 1. The molecule has 0 bridgehead atoms. The van der Waals surface area contributed by atoms with Crippen LogP contribution in [0.5, 0.6) is 5.75 Å². The van der Waals surface area contributed by atoms with E-state index in [0.717, 1.165) is 0 Å². The van der Waals surface area contributed by atoms with Gasteiger partial charge in [-0.05, 0) is 44.2 Å². The largest absolute Gasteiger partial charge is 0.495 e. The number of nitrogen functional groups attached to an aromatic ring is 1. The van der Waals surface area contributed by atoms with Crippen LogP contribution in [0.3, 0.4) is 0 Å². The molecular weight excluding hydrogens is 478 g/mol. The maximum Gasteiger partial charge on any atom is 0.263 e. The van der Waals surface area contributed by atoms with E-state index in [4.69, 9.17) is 22.1 Å². The van der Waals surface area contributed by atoms with Gasteiger partial charge in [0.05, 0.1) is 28.8 Å². The number of hydrogen-bond acceptors (Lipinski definition) is 7. The van der Waals surface area contributed by atoms with Crippen LogP contribution < -0.4 is 15.2 Å². The molecule has 0 saturated carbocycles. The molecule has 34 heavy (non-hydrogen) atoms. The third kappa shape index (κ3) is 4.17. The summed E-state index contributed by atoms with van der Waals surface area (Å²) in [4.78, 5) is 21.7. The molecule has 176 valence electrons. The number of nitrogens with two attached hydrogens (primary N) is 1. The topological polar surface area (TPSA) is 129 Å². The Morgan fingerprint density at radius 3 is 2.59 bits per heavy atom. The summed E-state index contributed by atoms with van der Waals surface area (Å²) in [6.07, 6.45) is 3.03. The van der Waals surface area contributed by atoms with Crippen LogP contribution in [0.2, 0.25) is 5.02 Å². The molecule has 0 amide bonds. The zero-order chi connectivity index (χ0) is 24.6. The molecule has 0 saturated heterocycles. The van der Waals surface area contributed by atoms with Crippen LogP contribution in [-0.4, -0.2) is 35.8 Å². The molecule has 0 atom stereocenters. The Hall–Kier alpha value is -3.63. The quantitative estimate of drug-likeness (QED) is 0.363. The fourth-order valence-corrected chi connectivity index (χ4v) is 5.20. The number of hydrogen-bond donors (Lipinski definition) is 2. The molecule has 4 aromatic rings. The lowest BCUT2D eigenvalue weighted by Crippen LogP contribution is -2.15. The van der Waals surface area contributed by atoms with Crippen LogP contribution >= 0.6 is 11.6 Å². The molecular formula is C23H22ClN5O4S. The second-order valence-electron chi connectivity index (χ2n) is 7.78. The number of fused-ring (bicyclic) bond motifs is 1. The molecule has 0 aliphatic rings. The van der Waals surface area contributed by atoms with Gasteiger partial charge in [0.15, 0.2) is 5.78 Å². The molecule has 11 heteroatoms. The number of nitrogens with zero attached hydrogens (tertiary/aromatic N) is 3. The predicted octanol–water partition coefficient (Wildman–Crippen LogP) is 4.29. The van der Waals surface area contributed by atoms with Gasteiger partial charge in [-0.15, -0.1) is 0 Å². The average Bonchev–Trinajstić information content (AvgIpc) is 3.20. The molecule has 3 N–H and O–H groups in total. The van der Waals surface area contributed by atoms with Gasteiger partial charge in [-0.25, -0.2) is 18.4 Å². The number of aromatic nitrogens is 3. The van der Waals surface area contributed by atoms with Crippen LogP contribution in [0.25, 0.3) is 11.0 Å². The Labute approximate surface area is 201 Å². The first-order chi connectivity index (χ1) is 16.1. The lowest BCUT2D eigenvalue weighted by Gasteiger charge is -2.14. The van der Waals surface area contributed by atoms with Crippen molar-refractivity contribution in [2.24, 2.45) is 0 Å². The Morgan fingerprint density at radius 1 is 1.18 bits per heavy atom. The van der Waals surface area contributed by atoms with E-state index in [1.54, 1.807) is 24.4 Å². The van der Waals surface area contributed by atoms with Crippen LogP contribution in [-0.2, 0) is 10.0 Å². The molecule has 4 rings (SSSR count). The van der Waals surface area contributed by atoms with E-state index in [1.165, 1.54) is 37.7 Å². The first-order valence-corrected chi connectivity index (χ1v) is 12.1. The molecule has 0 aliphatic heterocycles. The van der Waals surface area contributed by atoms with Gasteiger partial charge >= 0.3 is 0 Å². The zero-order valence-electron chi connectivity index (χ0n) is 18.6. The lowest BCUT2D eigenvalue weighted by molar-refractivity contribution is 0.104. The minimum absolute atomic E-state index is 0.0206. The van der Waals surface area contributed by atoms with E-state index < -0.39 is 10.0 Å². The van der Waals surface area contributed by atoms with Crippen molar-refractivity contribution < 1.29 is 17.9 Å². The van der Waals surface area contributed by atoms with Gasteiger partial charge in [0.1, 0.15) is 28.4 Å². The third-order valence-corrected chi connectivity index (χ3v) is 7.14. The van der Waals surface area contributed by atoms with Gasteiger partial charge in [-0.1, -0.05) is 23.7 Å². The summed E-state index contributed by atoms with van der Waals surface area (Å²) in [5.41, 5.74) is 7.25. The number of ketones is 1. The number of methoxy groups -OCH3 is 1. The van der Waals surface area contributed by atoms with Crippen molar-refractivity contribution in [2.75, 3.05) is 17.6 Å². The number of ether oxygens (including phenoxy) is 1. The SMILES string of the molecule is COc1ccc(C(=O)c2cn(C(C)C)c3ncnc(N)c23)cc1NS(=O)(=O)c1ccccc1Cl. The normalized spacial score (nSPS) is 11.7. The van der Waals surface area contributed by atoms with Crippen molar-refractivity contribution >= 4 is 49.9 Å². The van der Waals surface area contributed by atoms with Crippen LogP contribution in [0.15, 0.2) is 59.9 Å². The summed E-state index contributed by atoms with van der Waals surface area (Å²) in [6, 6.07) is 10.5. The minimum Gasteiger partial charge on any atom is -0.495 e. The number of benzene rings is 2. The highest BCUT2D eigenvalue weighted by Crippen LogP contribution is 2.33. The predicted molar refractivity (Wildman–Crippen MR) is 131 cm³/mol. The van der Waals surface area contributed by atoms with Crippen LogP contribution in [0, 0.1) is 0 Å². The van der Waals surface area contributed by atoms with Crippen molar-refractivity contribution in [1.29, 1.82) is 0 Å². The summed E-state index contributed by atoms with van der Waals surface area (Å²) in [5.74, 6) is 0.0484. The Bertz CT molecular complexity index is 1520. The summed E-state index contributed by atoms with van der Waals surface area (Å²) < 4.78 is 35.5. The average molecular weight is 500 g/mol. The van der Waals surface area contributed by atoms with E-state index in [1.807, 2.05) is 18.4 Å². The molecule has 0 unspecified atom stereocenters. The van der Waals surface area contributed by atoms with Gasteiger partial charge in [-0.3, -0.25) is 9.52 Å². The lowest BCUT2D eigenvalue weighted by atomic mass is 10.0. The molecule has 0 fully saturated rings. The van der Waals surface area contributed by atoms with E-state index in [9.17, 15) is 13.2 Å². The van der Waals surface area contributed by atoms with Crippen molar-refractivity contribution in [3.63, 3.8) is 0 Å². The summed E-state index contributed by atoms with van der Waals surface area (Å²) in [6.45, 7) is 3.92. The second kappa shape index (κ2) is 8.96. The highest BCUT2D eigenvalue weighted by atomic mass is 35.5. The fraction of sp³-hybridized carbons (Fsp3) is 0.174. The highest BCUT2D eigenvalue weighted by Gasteiger charge is 2.24. The second-order valence-corrected chi connectivity index (χ2v) is 9.84. The summed E-state index contributed by atoms with van der Waals surface area (Å²) in [5, 5.41) is 0.508. The van der Waals surface area contributed by atoms with Gasteiger partial charge in [0.25, 0.3) is 10.0 Å². The Kier molecular flexibility index (Phi) is 6.20. The minimum atomic E-state index is -4.05. The maximum atomic E-state index is 13.5. The van der Waals surface area contributed by atoms with Crippen molar-refractivity contribution in [1.82, 2.24) is 14.5 Å². The van der Waals surface area contributed by atoms with Crippen molar-refractivity contribution in [3.8, 4) is 5.75 Å². The van der Waals surface area contributed by atoms with E-state index in [-0.39, 0.29) is 44.6 Å². The van der Waals surface area contributed by atoms with Gasteiger partial charge in [0.2, 0.25) is 0 Å². The molecule has 0 spiro atoms. The van der Waals surface area contributed by atoms with E-state index in [2.05, 4.69) is 14.7 Å². The summed E-state index contributed by atoms with van der Waals surface area (Å²) >= 11 is 6.08. The van der Waals surface area contributed by atoms with Crippen molar-refractivity contribution in [3.05, 3.63) is 71.1 Å². The third-order valence-electron chi connectivity index (χ3n) is 5.27. The molecule has 2 aromatic carbocycles. The standard InChI is InChI=1S/C23H22ClN5O4S/c1-13(2)29-11-15(20-22(25)26-12-27-23(20)29)21(30)14-8-9-18(33-3)17(10-14)28-34(31,32)19-7-5-4-6-16(19)24/h4-13,28H,1-3H3,(H2,25,26,27). The Morgan fingerprint density at radius 2 is 1.91 bits per heavy atom.